The average Bonchev–Trinajstić information content (AvgIpc) is 2.61. The fourth-order valence-electron chi connectivity index (χ4n) is 2.90. The van der Waals surface area contributed by atoms with Gasteiger partial charge in [-0.25, -0.2) is 13.1 Å². The van der Waals surface area contributed by atoms with E-state index < -0.39 is 10.0 Å². The van der Waals surface area contributed by atoms with E-state index >= 15 is 0 Å². The fraction of sp³-hybridized carbons (Fsp3) is 0.588. The van der Waals surface area contributed by atoms with E-state index in [0.717, 1.165) is 25.7 Å². The number of hydrogen-bond acceptors (Lipinski definition) is 5. The quantitative estimate of drug-likeness (QED) is 0.639. The molecule has 0 spiro atoms. The lowest BCUT2D eigenvalue weighted by Gasteiger charge is -2.26. The smallest absolute Gasteiger partial charge is 0.240 e. The highest BCUT2D eigenvalue weighted by Crippen LogP contribution is 2.24. The summed E-state index contributed by atoms with van der Waals surface area (Å²) in [5.41, 5.74) is 6.49. The number of halogens is 1. The molecule has 148 valence electrons. The predicted octanol–water partition coefficient (Wildman–Crippen LogP) is 1.69. The minimum atomic E-state index is -3.63. The van der Waals surface area contributed by atoms with Crippen LogP contribution in [0.3, 0.4) is 0 Å². The Hall–Kier alpha value is -1.35. The summed E-state index contributed by atoms with van der Waals surface area (Å²) in [7, 11) is -2.12. The third-order valence-corrected chi connectivity index (χ3v) is 5.97. The molecule has 0 radical (unpaired) electrons. The summed E-state index contributed by atoms with van der Waals surface area (Å²) in [5.74, 6) is 0.436. The molecule has 0 aliphatic heterocycles. The zero-order valence-corrected chi connectivity index (χ0v) is 16.8. The first kappa shape index (κ1) is 22.7. The lowest BCUT2D eigenvalue weighted by atomic mass is 9.93. The molecule has 0 atom stereocenters. The van der Waals surface area contributed by atoms with Crippen molar-refractivity contribution in [3.63, 3.8) is 0 Å². The van der Waals surface area contributed by atoms with Gasteiger partial charge in [-0.2, -0.15) is 0 Å². The van der Waals surface area contributed by atoms with E-state index in [4.69, 9.17) is 10.5 Å². The molecule has 0 aromatic heterocycles. The van der Waals surface area contributed by atoms with E-state index in [1.54, 1.807) is 19.1 Å². The SMILES string of the molecule is CCC(=O)NCc1cc(S(=O)(=O)NC2CCC(N)CC2)ccc1OC.Cl. The zero-order valence-electron chi connectivity index (χ0n) is 15.2. The predicted molar refractivity (Wildman–Crippen MR) is 103 cm³/mol. The van der Waals surface area contributed by atoms with Crippen molar-refractivity contribution < 1.29 is 17.9 Å². The molecule has 4 N–H and O–H groups in total. The molecule has 1 aromatic rings. The van der Waals surface area contributed by atoms with Crippen LogP contribution in [0.25, 0.3) is 0 Å². The molecule has 1 fully saturated rings. The van der Waals surface area contributed by atoms with Gasteiger partial charge in [0.25, 0.3) is 0 Å². The summed E-state index contributed by atoms with van der Waals surface area (Å²) < 4.78 is 33.3. The highest BCUT2D eigenvalue weighted by atomic mass is 35.5. The number of methoxy groups -OCH3 is 1. The van der Waals surface area contributed by atoms with E-state index in [1.165, 1.54) is 13.2 Å². The van der Waals surface area contributed by atoms with Gasteiger partial charge in [-0.15, -0.1) is 12.4 Å². The van der Waals surface area contributed by atoms with Gasteiger partial charge in [0.2, 0.25) is 15.9 Å². The van der Waals surface area contributed by atoms with Crippen molar-refractivity contribution in [1.29, 1.82) is 0 Å². The zero-order chi connectivity index (χ0) is 18.4. The Labute approximate surface area is 161 Å². The van der Waals surface area contributed by atoms with E-state index in [1.807, 2.05) is 0 Å². The van der Waals surface area contributed by atoms with Crippen LogP contribution in [0.4, 0.5) is 0 Å². The molecule has 0 saturated heterocycles. The van der Waals surface area contributed by atoms with Crippen LogP contribution in [0, 0.1) is 0 Å². The maximum Gasteiger partial charge on any atom is 0.240 e. The molecule has 1 aliphatic rings. The van der Waals surface area contributed by atoms with Crippen LogP contribution in [-0.4, -0.2) is 33.5 Å². The minimum absolute atomic E-state index is 0. The molecule has 0 heterocycles. The molecule has 2 rings (SSSR count). The highest BCUT2D eigenvalue weighted by molar-refractivity contribution is 7.89. The van der Waals surface area contributed by atoms with Crippen LogP contribution < -0.4 is 20.5 Å². The number of amides is 1. The fourth-order valence-corrected chi connectivity index (χ4v) is 4.26. The van der Waals surface area contributed by atoms with E-state index in [0.29, 0.717) is 17.7 Å². The third kappa shape index (κ3) is 6.12. The lowest BCUT2D eigenvalue weighted by Crippen LogP contribution is -2.40. The minimum Gasteiger partial charge on any atom is -0.496 e. The van der Waals surface area contributed by atoms with Gasteiger partial charge in [-0.05, 0) is 43.9 Å². The van der Waals surface area contributed by atoms with Gasteiger partial charge in [-0.3, -0.25) is 4.79 Å². The summed E-state index contributed by atoms with van der Waals surface area (Å²) in [6, 6.07) is 4.75. The van der Waals surface area contributed by atoms with Crippen LogP contribution in [0.1, 0.15) is 44.6 Å². The molecular formula is C17H28ClN3O4S. The molecule has 1 aromatic carbocycles. The van der Waals surface area contributed by atoms with E-state index in [9.17, 15) is 13.2 Å². The van der Waals surface area contributed by atoms with Gasteiger partial charge < -0.3 is 15.8 Å². The molecule has 0 unspecified atom stereocenters. The number of carbonyl (C=O) groups is 1. The summed E-state index contributed by atoms with van der Waals surface area (Å²) >= 11 is 0. The van der Waals surface area contributed by atoms with Gasteiger partial charge in [0, 0.05) is 30.6 Å². The van der Waals surface area contributed by atoms with Crippen molar-refractivity contribution >= 4 is 28.3 Å². The van der Waals surface area contributed by atoms with Gasteiger partial charge >= 0.3 is 0 Å². The van der Waals surface area contributed by atoms with Crippen molar-refractivity contribution in [3.05, 3.63) is 23.8 Å². The van der Waals surface area contributed by atoms with Crippen LogP contribution in [0.5, 0.6) is 5.75 Å². The molecule has 7 nitrogen and oxygen atoms in total. The maximum absolute atomic E-state index is 12.7. The van der Waals surface area contributed by atoms with Crippen molar-refractivity contribution in [1.82, 2.24) is 10.0 Å². The first-order valence-corrected chi connectivity index (χ1v) is 10.1. The number of ether oxygens (including phenoxy) is 1. The van der Waals surface area contributed by atoms with Gasteiger partial charge in [-0.1, -0.05) is 6.92 Å². The van der Waals surface area contributed by atoms with Gasteiger partial charge in [0.1, 0.15) is 5.75 Å². The van der Waals surface area contributed by atoms with Crippen LogP contribution in [-0.2, 0) is 21.4 Å². The summed E-state index contributed by atoms with van der Waals surface area (Å²) in [6.07, 6.45) is 3.51. The van der Waals surface area contributed by atoms with Crippen molar-refractivity contribution in [2.45, 2.75) is 62.6 Å². The second-order valence-electron chi connectivity index (χ2n) is 6.34. The standard InChI is InChI=1S/C17H27N3O4S.ClH/c1-3-17(21)19-11-12-10-15(8-9-16(12)24-2)25(22,23)20-14-6-4-13(18)5-7-14;/h8-10,13-14,20H,3-7,11,18H2,1-2H3,(H,19,21);1H. The molecular weight excluding hydrogens is 378 g/mol. The van der Waals surface area contributed by atoms with Gasteiger partial charge in [0.15, 0.2) is 0 Å². The number of benzene rings is 1. The largest absolute Gasteiger partial charge is 0.496 e. The molecule has 1 saturated carbocycles. The van der Waals surface area contributed by atoms with Crippen LogP contribution >= 0.6 is 12.4 Å². The first-order valence-electron chi connectivity index (χ1n) is 8.57. The van der Waals surface area contributed by atoms with Crippen molar-refractivity contribution in [2.24, 2.45) is 5.73 Å². The maximum atomic E-state index is 12.7. The molecule has 0 bridgehead atoms. The Balaban J connectivity index is 0.00000338. The monoisotopic (exact) mass is 405 g/mol. The highest BCUT2D eigenvalue weighted by Gasteiger charge is 2.25. The topological polar surface area (TPSA) is 111 Å². The average molecular weight is 406 g/mol. The lowest BCUT2D eigenvalue weighted by molar-refractivity contribution is -0.120. The Morgan fingerprint density at radius 1 is 1.27 bits per heavy atom. The number of nitrogens with two attached hydrogens (primary N) is 1. The number of carbonyl (C=O) groups excluding carboxylic acids is 1. The molecule has 1 amide bonds. The molecule has 9 heteroatoms. The summed E-state index contributed by atoms with van der Waals surface area (Å²) in [5, 5.41) is 2.74. The van der Waals surface area contributed by atoms with E-state index in [-0.39, 0.29) is 41.8 Å². The summed E-state index contributed by atoms with van der Waals surface area (Å²) in [6.45, 7) is 1.98. The second-order valence-corrected chi connectivity index (χ2v) is 8.05. The molecule has 1 aliphatic carbocycles. The summed E-state index contributed by atoms with van der Waals surface area (Å²) in [4.78, 5) is 11.6. The van der Waals surface area contributed by atoms with Crippen molar-refractivity contribution in [3.8, 4) is 5.75 Å². The number of rotatable bonds is 7. The van der Waals surface area contributed by atoms with Crippen LogP contribution in [0.2, 0.25) is 0 Å². The second kappa shape index (κ2) is 10.1. The normalized spacial score (nSPS) is 20.1. The molecule has 26 heavy (non-hydrogen) atoms. The Bertz CT molecular complexity index is 704. The first-order chi connectivity index (χ1) is 11.9. The Morgan fingerprint density at radius 3 is 2.50 bits per heavy atom. The Kier molecular flexibility index (Phi) is 8.82. The number of hydrogen-bond donors (Lipinski definition) is 3. The third-order valence-electron chi connectivity index (χ3n) is 4.45. The van der Waals surface area contributed by atoms with Gasteiger partial charge in [0.05, 0.1) is 12.0 Å². The number of sulfonamides is 1. The Morgan fingerprint density at radius 2 is 1.92 bits per heavy atom. The van der Waals surface area contributed by atoms with Crippen LogP contribution in [0.15, 0.2) is 23.1 Å². The van der Waals surface area contributed by atoms with Crippen molar-refractivity contribution in [2.75, 3.05) is 7.11 Å². The number of nitrogens with one attached hydrogen (secondary N) is 2. The van der Waals surface area contributed by atoms with E-state index in [2.05, 4.69) is 10.0 Å².